The highest BCUT2D eigenvalue weighted by atomic mass is 35.5. The normalized spacial score (nSPS) is 10.0. The molecular weight excluding hydrogens is 352 g/mol. The van der Waals surface area contributed by atoms with Gasteiger partial charge in [-0.15, -0.1) is 0 Å². The summed E-state index contributed by atoms with van der Waals surface area (Å²) in [5.41, 5.74) is 2.63. The van der Waals surface area contributed by atoms with Crippen molar-refractivity contribution in [3.8, 4) is 23.4 Å². The first kappa shape index (κ1) is 17.0. The van der Waals surface area contributed by atoms with Gasteiger partial charge in [0.25, 0.3) is 0 Å². The van der Waals surface area contributed by atoms with Gasteiger partial charge < -0.3 is 0 Å². The summed E-state index contributed by atoms with van der Waals surface area (Å²) in [7, 11) is 0. The van der Waals surface area contributed by atoms with Crippen LogP contribution in [0.3, 0.4) is 0 Å². The molecule has 0 amide bonds. The van der Waals surface area contributed by atoms with Gasteiger partial charge in [0, 0.05) is 16.3 Å². The molecule has 25 heavy (non-hydrogen) atoms. The van der Waals surface area contributed by atoms with Crippen LogP contribution in [0.15, 0.2) is 59.6 Å². The predicted octanol–water partition coefficient (Wildman–Crippen LogP) is 4.83. The van der Waals surface area contributed by atoms with Gasteiger partial charge in [-0.2, -0.15) is 10.5 Å². The summed E-state index contributed by atoms with van der Waals surface area (Å²) in [5.74, 6) is 0.655. The van der Waals surface area contributed by atoms with E-state index in [0.717, 1.165) is 11.1 Å². The zero-order valence-electron chi connectivity index (χ0n) is 13.0. The average molecular weight is 363 g/mol. The van der Waals surface area contributed by atoms with Crippen molar-refractivity contribution in [3.05, 3.63) is 76.6 Å². The summed E-state index contributed by atoms with van der Waals surface area (Å²) in [6.07, 6.45) is 0. The van der Waals surface area contributed by atoms with Crippen LogP contribution in [-0.4, -0.2) is 9.97 Å². The summed E-state index contributed by atoms with van der Waals surface area (Å²) in [6, 6.07) is 21.0. The molecule has 0 spiro atoms. The van der Waals surface area contributed by atoms with Gasteiger partial charge >= 0.3 is 0 Å². The maximum absolute atomic E-state index is 9.22. The molecule has 0 N–H and O–H groups in total. The minimum absolute atomic E-state index is 0.0391. The largest absolute Gasteiger partial charge is 0.231 e. The van der Waals surface area contributed by atoms with E-state index in [1.165, 1.54) is 11.8 Å². The van der Waals surface area contributed by atoms with E-state index in [2.05, 4.69) is 9.97 Å². The van der Waals surface area contributed by atoms with Gasteiger partial charge in [0.1, 0.15) is 22.9 Å². The number of thioether (sulfide) groups is 1. The number of halogens is 1. The topological polar surface area (TPSA) is 73.4 Å². The first-order valence-electron chi connectivity index (χ1n) is 7.36. The van der Waals surface area contributed by atoms with Gasteiger partial charge in [-0.3, -0.25) is 0 Å². The van der Waals surface area contributed by atoms with Crippen molar-refractivity contribution in [1.82, 2.24) is 9.97 Å². The molecule has 120 valence electrons. The Bertz CT molecular complexity index is 973. The van der Waals surface area contributed by atoms with E-state index < -0.39 is 0 Å². The molecule has 2 aromatic carbocycles. The Labute approximate surface area is 154 Å². The first-order chi connectivity index (χ1) is 12.2. The summed E-state index contributed by atoms with van der Waals surface area (Å²) in [5, 5.41) is 19.8. The van der Waals surface area contributed by atoms with Crippen molar-refractivity contribution in [2.45, 2.75) is 10.8 Å². The summed E-state index contributed by atoms with van der Waals surface area (Å²) < 4.78 is 0. The highest BCUT2D eigenvalue weighted by Gasteiger charge is 2.15. The monoisotopic (exact) mass is 362 g/mol. The Balaban J connectivity index is 2.00. The molecule has 0 fully saturated rings. The maximum atomic E-state index is 9.22. The van der Waals surface area contributed by atoms with Crippen LogP contribution in [0.2, 0.25) is 5.02 Å². The van der Waals surface area contributed by atoms with Gasteiger partial charge in [0.05, 0.1) is 0 Å². The Hall–Kier alpha value is -2.86. The number of nitriles is 2. The van der Waals surface area contributed by atoms with Crippen molar-refractivity contribution in [1.29, 1.82) is 10.5 Å². The Morgan fingerprint density at radius 3 is 2.16 bits per heavy atom. The molecule has 0 aliphatic carbocycles. The third-order valence-electron chi connectivity index (χ3n) is 3.41. The molecule has 1 aromatic heterocycles. The minimum Gasteiger partial charge on any atom is -0.231 e. The molecule has 0 bridgehead atoms. The fraction of sp³-hybridized carbons (Fsp3) is 0.0526. The van der Waals surface area contributed by atoms with E-state index >= 15 is 0 Å². The zero-order chi connectivity index (χ0) is 17.6. The quantitative estimate of drug-likeness (QED) is 0.621. The molecule has 3 aromatic rings. The number of aromatic nitrogens is 2. The van der Waals surface area contributed by atoms with Gasteiger partial charge in [-0.25, -0.2) is 9.97 Å². The lowest BCUT2D eigenvalue weighted by atomic mass is 10.1. The van der Waals surface area contributed by atoms with Gasteiger partial charge in [0.2, 0.25) is 0 Å². The molecule has 4 nitrogen and oxygen atoms in total. The van der Waals surface area contributed by atoms with Crippen LogP contribution in [0.4, 0.5) is 0 Å². The lowest BCUT2D eigenvalue weighted by Crippen LogP contribution is -2.00. The van der Waals surface area contributed by atoms with Gasteiger partial charge in [0.15, 0.2) is 11.4 Å². The van der Waals surface area contributed by atoms with Crippen LogP contribution in [0, 0.1) is 22.7 Å². The van der Waals surface area contributed by atoms with E-state index in [4.69, 9.17) is 11.6 Å². The summed E-state index contributed by atoms with van der Waals surface area (Å²) in [4.78, 5) is 8.73. The van der Waals surface area contributed by atoms with Crippen LogP contribution in [-0.2, 0) is 5.75 Å². The van der Waals surface area contributed by atoms with E-state index in [9.17, 15) is 10.5 Å². The second kappa shape index (κ2) is 7.81. The standard InChI is InChI=1S/C19H11ClN4S/c20-15-8-6-13(7-9-15)12-25-19-18(14-4-2-1-3-5-14)23-16(10-21)17(11-22)24-19/h1-9H,12H2. The lowest BCUT2D eigenvalue weighted by Gasteiger charge is -2.09. The summed E-state index contributed by atoms with van der Waals surface area (Å²) >= 11 is 7.38. The molecule has 0 radical (unpaired) electrons. The van der Waals surface area contributed by atoms with Crippen LogP contribution in [0.25, 0.3) is 11.3 Å². The molecule has 0 saturated carbocycles. The smallest absolute Gasteiger partial charge is 0.178 e. The van der Waals surface area contributed by atoms with Crippen molar-refractivity contribution in [2.75, 3.05) is 0 Å². The Morgan fingerprint density at radius 2 is 1.52 bits per heavy atom. The SMILES string of the molecule is N#Cc1nc(SCc2ccc(Cl)cc2)c(-c2ccccc2)nc1C#N. The van der Waals surface area contributed by atoms with Crippen LogP contribution >= 0.6 is 23.4 Å². The molecule has 1 heterocycles. The second-order valence-corrected chi connectivity index (χ2v) is 6.48. The number of nitrogens with zero attached hydrogens (tertiary/aromatic N) is 4. The number of hydrogen-bond donors (Lipinski definition) is 0. The molecule has 6 heteroatoms. The molecule has 0 saturated heterocycles. The Morgan fingerprint density at radius 1 is 0.880 bits per heavy atom. The Kier molecular flexibility index (Phi) is 5.30. The van der Waals surface area contributed by atoms with E-state index in [1.807, 2.05) is 66.7 Å². The molecule has 3 rings (SSSR count). The zero-order valence-corrected chi connectivity index (χ0v) is 14.6. The molecule has 0 aliphatic rings. The van der Waals surface area contributed by atoms with Crippen molar-refractivity contribution >= 4 is 23.4 Å². The fourth-order valence-electron chi connectivity index (χ4n) is 2.19. The van der Waals surface area contributed by atoms with Crippen molar-refractivity contribution < 1.29 is 0 Å². The molecule has 0 atom stereocenters. The van der Waals surface area contributed by atoms with Crippen molar-refractivity contribution in [3.63, 3.8) is 0 Å². The van der Waals surface area contributed by atoms with Gasteiger partial charge in [-0.05, 0) is 17.7 Å². The van der Waals surface area contributed by atoms with Crippen molar-refractivity contribution in [2.24, 2.45) is 0 Å². The van der Waals surface area contributed by atoms with E-state index in [1.54, 1.807) is 0 Å². The third-order valence-corrected chi connectivity index (χ3v) is 4.70. The fourth-order valence-corrected chi connectivity index (χ4v) is 3.27. The highest BCUT2D eigenvalue weighted by molar-refractivity contribution is 7.98. The minimum atomic E-state index is 0.0391. The lowest BCUT2D eigenvalue weighted by molar-refractivity contribution is 1.02. The first-order valence-corrected chi connectivity index (χ1v) is 8.72. The van der Waals surface area contributed by atoms with Gasteiger partial charge in [-0.1, -0.05) is 65.8 Å². The van der Waals surface area contributed by atoms with Crippen LogP contribution in [0.5, 0.6) is 0 Å². The molecule has 0 unspecified atom stereocenters. The number of hydrogen-bond acceptors (Lipinski definition) is 5. The molecular formula is C19H11ClN4S. The van der Waals surface area contributed by atoms with E-state index in [-0.39, 0.29) is 11.4 Å². The summed E-state index contributed by atoms with van der Waals surface area (Å²) in [6.45, 7) is 0. The second-order valence-electron chi connectivity index (χ2n) is 5.08. The predicted molar refractivity (Wildman–Crippen MR) is 97.9 cm³/mol. The highest BCUT2D eigenvalue weighted by Crippen LogP contribution is 2.31. The van der Waals surface area contributed by atoms with E-state index in [0.29, 0.717) is 21.5 Å². The van der Waals surface area contributed by atoms with Crippen LogP contribution < -0.4 is 0 Å². The van der Waals surface area contributed by atoms with Crippen LogP contribution in [0.1, 0.15) is 17.0 Å². The third kappa shape index (κ3) is 3.97. The molecule has 0 aliphatic heterocycles. The average Bonchev–Trinajstić information content (AvgIpc) is 2.67. The number of benzene rings is 2. The number of rotatable bonds is 4. The maximum Gasteiger partial charge on any atom is 0.178 e.